The van der Waals surface area contributed by atoms with Gasteiger partial charge in [0.25, 0.3) is 0 Å². The Bertz CT molecular complexity index is 168. The fourth-order valence-electron chi connectivity index (χ4n) is 2.16. The largest absolute Gasteiger partial charge is 0.469 e. The maximum atomic E-state index is 11.6. The van der Waals surface area contributed by atoms with Crippen LogP contribution >= 0.6 is 0 Å². The van der Waals surface area contributed by atoms with Crippen LogP contribution in [0.15, 0.2) is 0 Å². The van der Waals surface area contributed by atoms with Crippen LogP contribution in [0, 0.1) is 5.41 Å². The number of nitrogens with one attached hydrogen (secondary N) is 1. The molecular formula is C10H19NO2. The number of carbonyl (C=O) groups excluding carboxylic acids is 1. The molecule has 13 heavy (non-hydrogen) atoms. The van der Waals surface area contributed by atoms with Gasteiger partial charge in [-0.05, 0) is 32.4 Å². The highest BCUT2D eigenvalue weighted by molar-refractivity contribution is 5.76. The van der Waals surface area contributed by atoms with Crippen molar-refractivity contribution in [2.45, 2.75) is 32.6 Å². The molecule has 0 bridgehead atoms. The predicted octanol–water partition coefficient (Wildman–Crippen LogP) is 1.33. The summed E-state index contributed by atoms with van der Waals surface area (Å²) in [5, 5.41) is 3.27. The summed E-state index contributed by atoms with van der Waals surface area (Å²) in [6.07, 6.45) is 3.86. The second kappa shape index (κ2) is 4.61. The van der Waals surface area contributed by atoms with Crippen molar-refractivity contribution in [3.63, 3.8) is 0 Å². The van der Waals surface area contributed by atoms with Crippen molar-refractivity contribution in [3.8, 4) is 0 Å². The highest BCUT2D eigenvalue weighted by Gasteiger charge is 2.39. The molecule has 76 valence electrons. The molecule has 1 heterocycles. The summed E-state index contributed by atoms with van der Waals surface area (Å²) in [5.41, 5.74) is -0.186. The first kappa shape index (κ1) is 10.5. The van der Waals surface area contributed by atoms with Crippen LogP contribution in [0.1, 0.15) is 32.6 Å². The Morgan fingerprint density at radius 1 is 1.46 bits per heavy atom. The van der Waals surface area contributed by atoms with E-state index in [0.29, 0.717) is 0 Å². The van der Waals surface area contributed by atoms with Gasteiger partial charge in [0.1, 0.15) is 0 Å². The number of piperidine rings is 1. The van der Waals surface area contributed by atoms with Gasteiger partial charge in [0.05, 0.1) is 12.5 Å². The van der Waals surface area contributed by atoms with Gasteiger partial charge >= 0.3 is 5.97 Å². The minimum Gasteiger partial charge on any atom is -0.469 e. The predicted molar refractivity (Wildman–Crippen MR) is 51.5 cm³/mol. The van der Waals surface area contributed by atoms with Crippen LogP contribution in [0.5, 0.6) is 0 Å². The Kier molecular flexibility index (Phi) is 3.72. The second-order valence-corrected chi connectivity index (χ2v) is 3.77. The molecule has 0 aromatic rings. The highest BCUT2D eigenvalue weighted by Crippen LogP contribution is 2.35. The molecule has 1 aliphatic heterocycles. The Morgan fingerprint density at radius 3 is 2.54 bits per heavy atom. The first-order chi connectivity index (χ1) is 6.25. The Labute approximate surface area is 79.8 Å². The SMILES string of the molecule is CCCC1(C(=O)OC)CCNCC1. The van der Waals surface area contributed by atoms with E-state index in [1.165, 1.54) is 7.11 Å². The minimum atomic E-state index is -0.186. The Hall–Kier alpha value is -0.570. The zero-order chi connectivity index (χ0) is 9.73. The Morgan fingerprint density at radius 2 is 2.08 bits per heavy atom. The molecule has 1 N–H and O–H groups in total. The molecule has 1 saturated heterocycles. The average Bonchev–Trinajstić information content (AvgIpc) is 2.18. The van der Waals surface area contributed by atoms with Crippen molar-refractivity contribution in [2.75, 3.05) is 20.2 Å². The molecule has 0 spiro atoms. The van der Waals surface area contributed by atoms with Crippen molar-refractivity contribution >= 4 is 5.97 Å². The molecule has 0 saturated carbocycles. The van der Waals surface area contributed by atoms with Gasteiger partial charge in [-0.1, -0.05) is 13.3 Å². The highest BCUT2D eigenvalue weighted by atomic mass is 16.5. The summed E-state index contributed by atoms with van der Waals surface area (Å²) in [7, 11) is 1.49. The number of carbonyl (C=O) groups is 1. The monoisotopic (exact) mass is 185 g/mol. The fraction of sp³-hybridized carbons (Fsp3) is 0.900. The van der Waals surface area contributed by atoms with Gasteiger partial charge < -0.3 is 10.1 Å². The average molecular weight is 185 g/mol. The molecule has 1 rings (SSSR count). The van der Waals surface area contributed by atoms with Gasteiger partial charge in [-0.2, -0.15) is 0 Å². The van der Waals surface area contributed by atoms with Crippen LogP contribution in [0.3, 0.4) is 0 Å². The molecule has 0 aliphatic carbocycles. The van der Waals surface area contributed by atoms with E-state index in [1.807, 2.05) is 0 Å². The van der Waals surface area contributed by atoms with E-state index >= 15 is 0 Å². The van der Waals surface area contributed by atoms with Crippen LogP contribution < -0.4 is 5.32 Å². The van der Waals surface area contributed by atoms with E-state index in [9.17, 15) is 4.79 Å². The van der Waals surface area contributed by atoms with E-state index in [1.54, 1.807) is 0 Å². The summed E-state index contributed by atoms with van der Waals surface area (Å²) in [4.78, 5) is 11.6. The first-order valence-corrected chi connectivity index (χ1v) is 5.04. The first-order valence-electron chi connectivity index (χ1n) is 5.04. The third-order valence-corrected chi connectivity index (χ3v) is 2.91. The van der Waals surface area contributed by atoms with E-state index in [-0.39, 0.29) is 11.4 Å². The van der Waals surface area contributed by atoms with Crippen molar-refractivity contribution in [1.29, 1.82) is 0 Å². The standard InChI is InChI=1S/C10H19NO2/c1-3-4-10(9(12)13-2)5-7-11-8-6-10/h11H,3-8H2,1-2H3. The van der Waals surface area contributed by atoms with Crippen molar-refractivity contribution in [1.82, 2.24) is 5.32 Å². The molecular weight excluding hydrogens is 166 g/mol. The fourth-order valence-corrected chi connectivity index (χ4v) is 2.16. The third kappa shape index (κ3) is 2.21. The van der Waals surface area contributed by atoms with Crippen LogP contribution in [-0.2, 0) is 9.53 Å². The van der Waals surface area contributed by atoms with Crippen LogP contribution in [0.25, 0.3) is 0 Å². The number of ether oxygens (including phenoxy) is 1. The van der Waals surface area contributed by atoms with Crippen molar-refractivity contribution in [2.24, 2.45) is 5.41 Å². The molecule has 1 aliphatic rings. The molecule has 3 heteroatoms. The summed E-state index contributed by atoms with van der Waals surface area (Å²) >= 11 is 0. The Balaban J connectivity index is 2.66. The zero-order valence-electron chi connectivity index (χ0n) is 8.56. The van der Waals surface area contributed by atoms with Gasteiger partial charge in [-0.25, -0.2) is 0 Å². The number of methoxy groups -OCH3 is 1. The van der Waals surface area contributed by atoms with Crippen LogP contribution in [0.4, 0.5) is 0 Å². The smallest absolute Gasteiger partial charge is 0.311 e. The normalized spacial score (nSPS) is 21.1. The summed E-state index contributed by atoms with van der Waals surface area (Å²) in [6.45, 7) is 4.00. The lowest BCUT2D eigenvalue weighted by Crippen LogP contribution is -2.42. The molecule has 0 aromatic heterocycles. The van der Waals surface area contributed by atoms with Gasteiger partial charge in [-0.3, -0.25) is 4.79 Å². The van der Waals surface area contributed by atoms with Crippen LogP contribution in [-0.4, -0.2) is 26.2 Å². The molecule has 0 atom stereocenters. The molecule has 1 fully saturated rings. The van der Waals surface area contributed by atoms with E-state index < -0.39 is 0 Å². The maximum Gasteiger partial charge on any atom is 0.311 e. The number of esters is 1. The zero-order valence-corrected chi connectivity index (χ0v) is 8.56. The van der Waals surface area contributed by atoms with Gasteiger partial charge in [0.15, 0.2) is 0 Å². The topological polar surface area (TPSA) is 38.3 Å². The number of hydrogen-bond acceptors (Lipinski definition) is 3. The summed E-state index contributed by atoms with van der Waals surface area (Å²) < 4.78 is 4.88. The van der Waals surface area contributed by atoms with Crippen molar-refractivity contribution < 1.29 is 9.53 Å². The van der Waals surface area contributed by atoms with Crippen LogP contribution in [0.2, 0.25) is 0 Å². The molecule has 0 unspecified atom stereocenters. The quantitative estimate of drug-likeness (QED) is 0.674. The number of hydrogen-bond donors (Lipinski definition) is 1. The van der Waals surface area contributed by atoms with Gasteiger partial charge in [0, 0.05) is 0 Å². The van der Waals surface area contributed by atoms with Gasteiger partial charge in [-0.15, -0.1) is 0 Å². The molecule has 3 nitrogen and oxygen atoms in total. The molecule has 0 amide bonds. The van der Waals surface area contributed by atoms with E-state index in [0.717, 1.165) is 38.8 Å². The lowest BCUT2D eigenvalue weighted by atomic mass is 9.75. The van der Waals surface area contributed by atoms with E-state index in [2.05, 4.69) is 12.2 Å². The minimum absolute atomic E-state index is 0.0177. The summed E-state index contributed by atoms with van der Waals surface area (Å²) in [5.74, 6) is -0.0177. The molecule has 0 radical (unpaired) electrons. The number of rotatable bonds is 3. The van der Waals surface area contributed by atoms with E-state index in [4.69, 9.17) is 4.74 Å². The summed E-state index contributed by atoms with van der Waals surface area (Å²) in [6, 6.07) is 0. The van der Waals surface area contributed by atoms with Crippen molar-refractivity contribution in [3.05, 3.63) is 0 Å². The molecule has 0 aromatic carbocycles. The second-order valence-electron chi connectivity index (χ2n) is 3.77. The van der Waals surface area contributed by atoms with Gasteiger partial charge in [0.2, 0.25) is 0 Å². The maximum absolute atomic E-state index is 11.6. The third-order valence-electron chi connectivity index (χ3n) is 2.91. The lowest BCUT2D eigenvalue weighted by molar-refractivity contribution is -0.155. The lowest BCUT2D eigenvalue weighted by Gasteiger charge is -2.34.